The summed E-state index contributed by atoms with van der Waals surface area (Å²) in [6.45, 7) is 10.2. The summed E-state index contributed by atoms with van der Waals surface area (Å²) in [6.07, 6.45) is -2.83. The summed E-state index contributed by atoms with van der Waals surface area (Å²) in [6, 6.07) is 9.14. The van der Waals surface area contributed by atoms with Gasteiger partial charge in [-0.1, -0.05) is 30.3 Å². The van der Waals surface area contributed by atoms with Crippen LogP contribution >= 0.6 is 0 Å². The molecule has 0 aromatic heterocycles. The first-order valence-electron chi connectivity index (χ1n) is 8.95. The van der Waals surface area contributed by atoms with E-state index in [0.29, 0.717) is 0 Å². The number of hydrogen-bond acceptors (Lipinski definition) is 7. The Morgan fingerprint density at radius 3 is 1.93 bits per heavy atom. The van der Waals surface area contributed by atoms with E-state index in [1.54, 1.807) is 41.5 Å². The number of carbonyl (C=O) groups is 3. The highest BCUT2D eigenvalue weighted by molar-refractivity contribution is 5.80. The van der Waals surface area contributed by atoms with Gasteiger partial charge in [-0.3, -0.25) is 4.90 Å². The molecule has 0 N–H and O–H groups in total. The van der Waals surface area contributed by atoms with Gasteiger partial charge in [-0.15, -0.1) is 0 Å². The van der Waals surface area contributed by atoms with Crippen LogP contribution in [-0.2, 0) is 25.5 Å². The van der Waals surface area contributed by atoms with E-state index < -0.39 is 29.6 Å². The molecular formula is C20H29NO7. The monoisotopic (exact) mass is 395 g/mol. The van der Waals surface area contributed by atoms with Crippen molar-refractivity contribution >= 4 is 18.4 Å². The molecule has 0 aliphatic carbocycles. The van der Waals surface area contributed by atoms with Gasteiger partial charge < -0.3 is 18.9 Å². The van der Waals surface area contributed by atoms with E-state index >= 15 is 0 Å². The smallest absolute Gasteiger partial charge is 0.432 e. The molecule has 28 heavy (non-hydrogen) atoms. The summed E-state index contributed by atoms with van der Waals surface area (Å²) >= 11 is 0. The second-order valence-electron chi connectivity index (χ2n) is 8.05. The molecule has 0 unspecified atom stereocenters. The van der Waals surface area contributed by atoms with E-state index in [2.05, 4.69) is 0 Å². The average molecular weight is 395 g/mol. The second-order valence-corrected chi connectivity index (χ2v) is 8.05. The van der Waals surface area contributed by atoms with Crippen LogP contribution in [0.4, 0.5) is 14.4 Å². The molecule has 0 fully saturated rings. The van der Waals surface area contributed by atoms with Gasteiger partial charge in [-0.25, -0.2) is 14.4 Å². The highest BCUT2D eigenvalue weighted by Crippen LogP contribution is 2.12. The van der Waals surface area contributed by atoms with Crippen LogP contribution in [0.25, 0.3) is 0 Å². The highest BCUT2D eigenvalue weighted by Gasteiger charge is 2.25. The average Bonchev–Trinajstić information content (AvgIpc) is 2.51. The van der Waals surface area contributed by atoms with E-state index in [1.807, 2.05) is 30.3 Å². The van der Waals surface area contributed by atoms with Gasteiger partial charge in [0, 0.05) is 6.54 Å². The standard InChI is InChI=1S/C20H29NO7/c1-19(2,3)27-17(23)25-13-12-21(14-15-10-8-7-9-11-15)16(22)26-18(24)28-20(4,5)6/h7-11H,12-14H2,1-6H3. The Labute approximate surface area is 165 Å². The lowest BCUT2D eigenvalue weighted by atomic mass is 10.2. The molecule has 0 saturated heterocycles. The third-order valence-corrected chi connectivity index (χ3v) is 3.01. The number of hydrogen-bond donors (Lipinski definition) is 0. The number of ether oxygens (including phenoxy) is 4. The molecule has 8 nitrogen and oxygen atoms in total. The zero-order valence-electron chi connectivity index (χ0n) is 17.3. The Kier molecular flexibility index (Phi) is 8.28. The predicted molar refractivity (Wildman–Crippen MR) is 102 cm³/mol. The lowest BCUT2D eigenvalue weighted by Crippen LogP contribution is -2.37. The minimum Gasteiger partial charge on any atom is -0.432 e. The Bertz CT molecular complexity index is 659. The van der Waals surface area contributed by atoms with Gasteiger partial charge in [-0.05, 0) is 47.1 Å². The zero-order chi connectivity index (χ0) is 21.4. The maximum absolute atomic E-state index is 12.4. The molecular weight excluding hydrogens is 366 g/mol. The summed E-state index contributed by atoms with van der Waals surface area (Å²) in [5.41, 5.74) is -0.654. The van der Waals surface area contributed by atoms with Crippen molar-refractivity contribution in [2.24, 2.45) is 0 Å². The summed E-state index contributed by atoms with van der Waals surface area (Å²) < 4.78 is 19.8. The normalized spacial score (nSPS) is 11.4. The molecule has 1 rings (SSSR count). The van der Waals surface area contributed by atoms with Crippen LogP contribution in [0, 0.1) is 0 Å². The maximum Gasteiger partial charge on any atom is 0.517 e. The summed E-state index contributed by atoms with van der Waals surface area (Å²) in [5.74, 6) is 0. The summed E-state index contributed by atoms with van der Waals surface area (Å²) in [7, 11) is 0. The van der Waals surface area contributed by atoms with Crippen LogP contribution in [0.3, 0.4) is 0 Å². The van der Waals surface area contributed by atoms with Crippen molar-refractivity contribution in [3.8, 4) is 0 Å². The van der Waals surface area contributed by atoms with E-state index in [0.717, 1.165) is 5.56 Å². The van der Waals surface area contributed by atoms with Crippen molar-refractivity contribution < 1.29 is 33.3 Å². The first-order valence-corrected chi connectivity index (χ1v) is 8.95. The molecule has 0 bridgehead atoms. The van der Waals surface area contributed by atoms with Crippen molar-refractivity contribution in [1.29, 1.82) is 0 Å². The Hall–Kier alpha value is -2.77. The molecule has 156 valence electrons. The van der Waals surface area contributed by atoms with E-state index in [4.69, 9.17) is 18.9 Å². The lowest BCUT2D eigenvalue weighted by molar-refractivity contribution is -0.0144. The van der Waals surface area contributed by atoms with E-state index in [1.165, 1.54) is 4.90 Å². The molecule has 0 saturated carbocycles. The minimum atomic E-state index is -1.09. The number of amides is 1. The summed E-state index contributed by atoms with van der Waals surface area (Å²) in [4.78, 5) is 37.0. The fourth-order valence-electron chi connectivity index (χ4n) is 1.96. The highest BCUT2D eigenvalue weighted by atomic mass is 16.8. The van der Waals surface area contributed by atoms with Crippen LogP contribution < -0.4 is 0 Å². The molecule has 0 heterocycles. The number of benzene rings is 1. The van der Waals surface area contributed by atoms with Crippen molar-refractivity contribution in [1.82, 2.24) is 4.90 Å². The van der Waals surface area contributed by atoms with Crippen LogP contribution in [-0.4, -0.2) is 47.7 Å². The molecule has 8 heteroatoms. The molecule has 1 amide bonds. The van der Waals surface area contributed by atoms with E-state index in [-0.39, 0.29) is 19.7 Å². The van der Waals surface area contributed by atoms with Gasteiger partial charge in [-0.2, -0.15) is 0 Å². The minimum absolute atomic E-state index is 0.00969. The number of rotatable bonds is 5. The summed E-state index contributed by atoms with van der Waals surface area (Å²) in [5, 5.41) is 0. The van der Waals surface area contributed by atoms with Gasteiger partial charge in [0.1, 0.15) is 17.8 Å². The van der Waals surface area contributed by atoms with Crippen molar-refractivity contribution in [3.05, 3.63) is 35.9 Å². The first kappa shape index (κ1) is 23.3. The maximum atomic E-state index is 12.4. The fourth-order valence-corrected chi connectivity index (χ4v) is 1.96. The Morgan fingerprint density at radius 2 is 1.39 bits per heavy atom. The van der Waals surface area contributed by atoms with Gasteiger partial charge in [0.2, 0.25) is 0 Å². The zero-order valence-corrected chi connectivity index (χ0v) is 17.3. The van der Waals surface area contributed by atoms with E-state index in [9.17, 15) is 14.4 Å². The molecule has 0 atom stereocenters. The van der Waals surface area contributed by atoms with Crippen molar-refractivity contribution in [2.75, 3.05) is 13.2 Å². The van der Waals surface area contributed by atoms with Gasteiger partial charge in [0.25, 0.3) is 0 Å². The molecule has 1 aromatic carbocycles. The number of nitrogens with zero attached hydrogens (tertiary/aromatic N) is 1. The second kappa shape index (κ2) is 9.96. The molecule has 1 aromatic rings. The van der Waals surface area contributed by atoms with Crippen LogP contribution in [0.2, 0.25) is 0 Å². The molecule has 0 spiro atoms. The predicted octanol–water partition coefficient (Wildman–Crippen LogP) is 4.51. The first-order chi connectivity index (χ1) is 12.9. The fraction of sp³-hybridized carbons (Fsp3) is 0.550. The van der Waals surface area contributed by atoms with Crippen LogP contribution in [0.15, 0.2) is 30.3 Å². The molecule has 0 aliphatic rings. The third-order valence-electron chi connectivity index (χ3n) is 3.01. The molecule has 0 radical (unpaired) electrons. The molecule has 0 aliphatic heterocycles. The number of carbonyl (C=O) groups excluding carboxylic acids is 3. The van der Waals surface area contributed by atoms with Crippen molar-refractivity contribution in [3.63, 3.8) is 0 Å². The van der Waals surface area contributed by atoms with Gasteiger partial charge >= 0.3 is 18.4 Å². The Morgan fingerprint density at radius 1 is 0.857 bits per heavy atom. The van der Waals surface area contributed by atoms with Gasteiger partial charge in [0.15, 0.2) is 0 Å². The van der Waals surface area contributed by atoms with Crippen molar-refractivity contribution in [2.45, 2.75) is 59.3 Å². The topological polar surface area (TPSA) is 91.4 Å². The largest absolute Gasteiger partial charge is 0.517 e. The van der Waals surface area contributed by atoms with Crippen LogP contribution in [0.5, 0.6) is 0 Å². The third kappa shape index (κ3) is 10.4. The Balaban J connectivity index is 2.69. The lowest BCUT2D eigenvalue weighted by Gasteiger charge is -2.24. The van der Waals surface area contributed by atoms with Gasteiger partial charge in [0.05, 0.1) is 6.54 Å². The van der Waals surface area contributed by atoms with Crippen LogP contribution in [0.1, 0.15) is 47.1 Å². The quantitative estimate of drug-likeness (QED) is 0.535. The SMILES string of the molecule is CC(C)(C)OC(=O)OCCN(Cc1ccccc1)C(=O)OC(=O)OC(C)(C)C.